The molecule has 2 fully saturated rings. The van der Waals surface area contributed by atoms with Crippen LogP contribution in [0.3, 0.4) is 0 Å². The van der Waals surface area contributed by atoms with Crippen molar-refractivity contribution in [3.05, 3.63) is 0 Å². The van der Waals surface area contributed by atoms with E-state index in [2.05, 4.69) is 4.90 Å². The van der Waals surface area contributed by atoms with Crippen LogP contribution in [0.2, 0.25) is 0 Å². The number of ketones is 1. The summed E-state index contributed by atoms with van der Waals surface area (Å²) in [6.07, 6.45) is 1.91. The Labute approximate surface area is 90.2 Å². The zero-order chi connectivity index (χ0) is 10.8. The summed E-state index contributed by atoms with van der Waals surface area (Å²) in [6, 6.07) is 0. The number of likely N-dealkylation sites (tertiary alicyclic amines) is 1. The lowest BCUT2D eigenvalue weighted by atomic mass is 10.00. The molecule has 1 heterocycles. The van der Waals surface area contributed by atoms with Crippen molar-refractivity contribution >= 4 is 5.78 Å². The number of aliphatic hydroxyl groups excluding tert-OH is 1. The van der Waals surface area contributed by atoms with Crippen molar-refractivity contribution in [3.8, 4) is 0 Å². The normalized spacial score (nSPS) is 35.7. The highest BCUT2D eigenvalue weighted by Gasteiger charge is 2.41. The minimum absolute atomic E-state index is 0.131. The Morgan fingerprint density at radius 2 is 2.27 bits per heavy atom. The number of methoxy groups -OCH3 is 1. The van der Waals surface area contributed by atoms with Crippen molar-refractivity contribution in [2.45, 2.75) is 18.9 Å². The SMILES string of the molecule is COCC(=O)CN1CC2CCC(O)C2C1. The zero-order valence-corrected chi connectivity index (χ0v) is 9.19. The van der Waals surface area contributed by atoms with Crippen LogP contribution in [-0.2, 0) is 9.53 Å². The fourth-order valence-electron chi connectivity index (χ4n) is 2.91. The molecular weight excluding hydrogens is 194 g/mol. The van der Waals surface area contributed by atoms with Gasteiger partial charge in [0.2, 0.25) is 0 Å². The van der Waals surface area contributed by atoms with Crippen molar-refractivity contribution in [1.82, 2.24) is 4.90 Å². The standard InChI is InChI=1S/C11H19NO3/c1-15-7-9(13)5-12-4-8-2-3-11(14)10(8)6-12/h8,10-11,14H,2-7H2,1H3. The second-order valence-corrected chi connectivity index (χ2v) is 4.73. The summed E-state index contributed by atoms with van der Waals surface area (Å²) in [6.45, 7) is 2.53. The lowest BCUT2D eigenvalue weighted by molar-refractivity contribution is -0.123. The number of ether oxygens (including phenoxy) is 1. The van der Waals surface area contributed by atoms with Crippen molar-refractivity contribution in [2.24, 2.45) is 11.8 Å². The number of hydrogen-bond donors (Lipinski definition) is 1. The molecule has 0 bridgehead atoms. The van der Waals surface area contributed by atoms with Crippen LogP contribution in [0.4, 0.5) is 0 Å². The molecule has 0 aromatic rings. The van der Waals surface area contributed by atoms with Gasteiger partial charge in [-0.05, 0) is 18.8 Å². The average molecular weight is 213 g/mol. The summed E-state index contributed by atoms with van der Waals surface area (Å²) in [5, 5.41) is 9.72. The number of rotatable bonds is 4. The fourth-order valence-corrected chi connectivity index (χ4v) is 2.91. The van der Waals surface area contributed by atoms with Crippen LogP contribution in [0.1, 0.15) is 12.8 Å². The molecule has 15 heavy (non-hydrogen) atoms. The lowest BCUT2D eigenvalue weighted by Crippen LogP contribution is -2.31. The van der Waals surface area contributed by atoms with E-state index in [0.717, 1.165) is 25.9 Å². The van der Waals surface area contributed by atoms with E-state index in [9.17, 15) is 9.90 Å². The molecule has 1 saturated heterocycles. The quantitative estimate of drug-likeness (QED) is 0.709. The summed E-state index contributed by atoms with van der Waals surface area (Å²) in [7, 11) is 1.54. The predicted molar refractivity (Wildman–Crippen MR) is 55.5 cm³/mol. The minimum Gasteiger partial charge on any atom is -0.393 e. The minimum atomic E-state index is -0.141. The molecule has 4 heteroatoms. The molecule has 2 rings (SSSR count). The summed E-state index contributed by atoms with van der Waals surface area (Å²) in [4.78, 5) is 13.5. The lowest BCUT2D eigenvalue weighted by Gasteiger charge is -2.16. The third-order valence-electron chi connectivity index (χ3n) is 3.60. The largest absolute Gasteiger partial charge is 0.393 e. The van der Waals surface area contributed by atoms with Crippen molar-refractivity contribution in [3.63, 3.8) is 0 Å². The topological polar surface area (TPSA) is 49.8 Å². The molecule has 0 amide bonds. The molecule has 1 saturated carbocycles. The van der Waals surface area contributed by atoms with E-state index >= 15 is 0 Å². The van der Waals surface area contributed by atoms with Gasteiger partial charge in [-0.1, -0.05) is 0 Å². The average Bonchev–Trinajstić information content (AvgIpc) is 2.69. The first kappa shape index (κ1) is 11.0. The number of nitrogens with zero attached hydrogens (tertiary/aromatic N) is 1. The molecule has 1 N–H and O–H groups in total. The maximum absolute atomic E-state index is 11.4. The number of carbonyl (C=O) groups excluding carboxylic acids is 1. The van der Waals surface area contributed by atoms with Gasteiger partial charge < -0.3 is 9.84 Å². The Bertz CT molecular complexity index is 244. The molecule has 3 unspecified atom stereocenters. The molecular formula is C11H19NO3. The highest BCUT2D eigenvalue weighted by molar-refractivity contribution is 5.81. The molecule has 1 aliphatic heterocycles. The molecule has 1 aliphatic carbocycles. The van der Waals surface area contributed by atoms with E-state index in [4.69, 9.17) is 4.74 Å². The van der Waals surface area contributed by atoms with Crippen LogP contribution in [-0.4, -0.2) is 55.2 Å². The van der Waals surface area contributed by atoms with Gasteiger partial charge in [-0.3, -0.25) is 9.69 Å². The third-order valence-corrected chi connectivity index (χ3v) is 3.60. The van der Waals surface area contributed by atoms with E-state index in [-0.39, 0.29) is 18.5 Å². The molecule has 4 nitrogen and oxygen atoms in total. The van der Waals surface area contributed by atoms with Gasteiger partial charge in [-0.2, -0.15) is 0 Å². The Kier molecular flexibility index (Phi) is 3.38. The van der Waals surface area contributed by atoms with Crippen LogP contribution in [0.15, 0.2) is 0 Å². The molecule has 0 radical (unpaired) electrons. The van der Waals surface area contributed by atoms with Crippen molar-refractivity contribution in [2.75, 3.05) is 33.4 Å². The maximum Gasteiger partial charge on any atom is 0.172 e. The number of fused-ring (bicyclic) bond motifs is 1. The smallest absolute Gasteiger partial charge is 0.172 e. The zero-order valence-electron chi connectivity index (χ0n) is 9.19. The number of carbonyl (C=O) groups is 1. The Morgan fingerprint density at radius 1 is 1.47 bits per heavy atom. The Morgan fingerprint density at radius 3 is 2.93 bits per heavy atom. The number of Topliss-reactive ketones (excluding diaryl/α,β-unsaturated/α-hetero) is 1. The van der Waals surface area contributed by atoms with Gasteiger partial charge in [-0.25, -0.2) is 0 Å². The van der Waals surface area contributed by atoms with Gasteiger partial charge in [0.25, 0.3) is 0 Å². The summed E-state index contributed by atoms with van der Waals surface area (Å²) in [5.41, 5.74) is 0. The van der Waals surface area contributed by atoms with Crippen LogP contribution in [0.25, 0.3) is 0 Å². The summed E-state index contributed by atoms with van der Waals surface area (Å²) in [5.74, 6) is 1.14. The Hall–Kier alpha value is -0.450. The molecule has 2 aliphatic rings. The van der Waals surface area contributed by atoms with Crippen LogP contribution in [0.5, 0.6) is 0 Å². The van der Waals surface area contributed by atoms with E-state index < -0.39 is 0 Å². The van der Waals surface area contributed by atoms with E-state index in [1.165, 1.54) is 0 Å². The van der Waals surface area contributed by atoms with E-state index in [0.29, 0.717) is 18.4 Å². The van der Waals surface area contributed by atoms with E-state index in [1.54, 1.807) is 7.11 Å². The molecule has 0 aromatic heterocycles. The molecule has 3 atom stereocenters. The van der Waals surface area contributed by atoms with Crippen molar-refractivity contribution < 1.29 is 14.6 Å². The van der Waals surface area contributed by atoms with Crippen LogP contribution in [0, 0.1) is 11.8 Å². The maximum atomic E-state index is 11.4. The number of aliphatic hydroxyl groups is 1. The predicted octanol–water partition coefficient (Wildman–Crippen LogP) is -0.0954. The monoisotopic (exact) mass is 213 g/mol. The van der Waals surface area contributed by atoms with Crippen LogP contribution < -0.4 is 0 Å². The first-order valence-corrected chi connectivity index (χ1v) is 5.61. The van der Waals surface area contributed by atoms with Gasteiger partial charge in [0.1, 0.15) is 6.61 Å². The second-order valence-electron chi connectivity index (χ2n) is 4.73. The Balaban J connectivity index is 1.81. The highest BCUT2D eigenvalue weighted by atomic mass is 16.5. The summed E-state index contributed by atoms with van der Waals surface area (Å²) < 4.78 is 4.80. The second kappa shape index (κ2) is 4.60. The molecule has 86 valence electrons. The third kappa shape index (κ3) is 2.38. The fraction of sp³-hybridized carbons (Fsp3) is 0.909. The highest BCUT2D eigenvalue weighted by Crippen LogP contribution is 2.37. The van der Waals surface area contributed by atoms with Crippen LogP contribution >= 0.6 is 0 Å². The van der Waals surface area contributed by atoms with Gasteiger partial charge in [-0.15, -0.1) is 0 Å². The van der Waals surface area contributed by atoms with E-state index in [1.807, 2.05) is 0 Å². The molecule has 0 aromatic carbocycles. The van der Waals surface area contributed by atoms with Gasteiger partial charge in [0.05, 0.1) is 12.6 Å². The first-order valence-electron chi connectivity index (χ1n) is 5.61. The van der Waals surface area contributed by atoms with Gasteiger partial charge >= 0.3 is 0 Å². The first-order chi connectivity index (χ1) is 7.20. The number of hydrogen-bond acceptors (Lipinski definition) is 4. The van der Waals surface area contributed by atoms with Crippen molar-refractivity contribution in [1.29, 1.82) is 0 Å². The van der Waals surface area contributed by atoms with Gasteiger partial charge in [0.15, 0.2) is 5.78 Å². The molecule has 0 spiro atoms. The van der Waals surface area contributed by atoms with Gasteiger partial charge in [0, 0.05) is 26.1 Å². The summed E-state index contributed by atoms with van der Waals surface area (Å²) >= 11 is 0.